The first-order valence-electron chi connectivity index (χ1n) is 8.69. The van der Waals surface area contributed by atoms with Crippen molar-refractivity contribution in [3.05, 3.63) is 65.2 Å². The summed E-state index contributed by atoms with van der Waals surface area (Å²) in [5.74, 6) is -0.668. The Labute approximate surface area is 159 Å². The van der Waals surface area contributed by atoms with E-state index in [9.17, 15) is 14.4 Å². The number of amides is 2. The lowest BCUT2D eigenvalue weighted by Gasteiger charge is -2.21. The van der Waals surface area contributed by atoms with Crippen LogP contribution >= 0.6 is 0 Å². The highest BCUT2D eigenvalue weighted by molar-refractivity contribution is 5.93. The Morgan fingerprint density at radius 1 is 1.07 bits per heavy atom. The number of carbonyl (C=O) groups is 3. The van der Waals surface area contributed by atoms with Crippen molar-refractivity contribution in [2.75, 3.05) is 25.1 Å². The topological polar surface area (TPSA) is 75.7 Å². The average Bonchev–Trinajstić information content (AvgIpc) is 2.64. The monoisotopic (exact) mass is 368 g/mol. The van der Waals surface area contributed by atoms with Gasteiger partial charge >= 0.3 is 5.97 Å². The van der Waals surface area contributed by atoms with E-state index in [1.54, 1.807) is 29.2 Å². The minimum Gasteiger partial charge on any atom is -0.465 e. The predicted molar refractivity (Wildman–Crippen MR) is 104 cm³/mol. The fourth-order valence-corrected chi connectivity index (χ4v) is 2.74. The van der Waals surface area contributed by atoms with E-state index in [0.717, 1.165) is 11.1 Å². The highest BCUT2D eigenvalue weighted by atomic mass is 16.5. The van der Waals surface area contributed by atoms with Gasteiger partial charge in [0.15, 0.2) is 0 Å². The minimum atomic E-state index is -0.431. The molecule has 0 radical (unpaired) electrons. The molecule has 0 atom stereocenters. The summed E-state index contributed by atoms with van der Waals surface area (Å²) < 4.78 is 4.66. The number of benzene rings is 2. The molecular weight excluding hydrogens is 344 g/mol. The van der Waals surface area contributed by atoms with Crippen molar-refractivity contribution in [1.82, 2.24) is 5.32 Å². The van der Waals surface area contributed by atoms with Gasteiger partial charge in [0.25, 0.3) is 0 Å². The van der Waals surface area contributed by atoms with Crippen molar-refractivity contribution in [2.45, 2.75) is 20.3 Å². The van der Waals surface area contributed by atoms with Crippen LogP contribution in [-0.4, -0.2) is 38.0 Å². The highest BCUT2D eigenvalue weighted by Crippen LogP contribution is 2.16. The molecule has 6 heteroatoms. The number of carbonyl (C=O) groups excluding carboxylic acids is 3. The first-order valence-corrected chi connectivity index (χ1v) is 8.69. The van der Waals surface area contributed by atoms with Crippen LogP contribution < -0.4 is 10.2 Å². The van der Waals surface area contributed by atoms with Crippen molar-refractivity contribution in [2.24, 2.45) is 0 Å². The van der Waals surface area contributed by atoms with Crippen molar-refractivity contribution in [3.8, 4) is 0 Å². The summed E-state index contributed by atoms with van der Waals surface area (Å²) >= 11 is 0. The Kier molecular flexibility index (Phi) is 7.11. The number of anilines is 1. The molecule has 0 unspecified atom stereocenters. The maximum absolute atomic E-state index is 12.1. The van der Waals surface area contributed by atoms with Crippen LogP contribution in [0, 0.1) is 6.92 Å². The minimum absolute atomic E-state index is 0.0925. The summed E-state index contributed by atoms with van der Waals surface area (Å²) in [6.45, 7) is 4.12. The molecule has 2 amide bonds. The van der Waals surface area contributed by atoms with Gasteiger partial charge < -0.3 is 15.0 Å². The molecule has 0 aliphatic carbocycles. The van der Waals surface area contributed by atoms with Crippen LogP contribution in [0.5, 0.6) is 0 Å². The van der Waals surface area contributed by atoms with Crippen LogP contribution in [0.25, 0.3) is 0 Å². The van der Waals surface area contributed by atoms with E-state index in [-0.39, 0.29) is 11.8 Å². The molecule has 0 heterocycles. The van der Waals surface area contributed by atoms with Crippen LogP contribution in [0.1, 0.15) is 28.4 Å². The van der Waals surface area contributed by atoms with Crippen molar-refractivity contribution >= 4 is 23.5 Å². The van der Waals surface area contributed by atoms with E-state index in [2.05, 4.69) is 10.1 Å². The molecule has 0 saturated carbocycles. The summed E-state index contributed by atoms with van der Waals surface area (Å²) in [6.07, 6.45) is 0.301. The summed E-state index contributed by atoms with van der Waals surface area (Å²) in [5.41, 5.74) is 3.13. The summed E-state index contributed by atoms with van der Waals surface area (Å²) in [7, 11) is 1.32. The van der Waals surface area contributed by atoms with Crippen LogP contribution in [0.4, 0.5) is 5.69 Å². The molecule has 0 bridgehead atoms. The lowest BCUT2D eigenvalue weighted by atomic mass is 10.1. The van der Waals surface area contributed by atoms with Crippen LogP contribution in [-0.2, 0) is 20.7 Å². The fourth-order valence-electron chi connectivity index (χ4n) is 2.74. The van der Waals surface area contributed by atoms with Gasteiger partial charge in [0.2, 0.25) is 11.8 Å². The van der Waals surface area contributed by atoms with Crippen molar-refractivity contribution in [1.29, 1.82) is 0 Å². The zero-order chi connectivity index (χ0) is 19.8. The first-order chi connectivity index (χ1) is 12.9. The third-order valence-corrected chi connectivity index (χ3v) is 4.08. The number of esters is 1. The molecule has 0 aliphatic heterocycles. The Morgan fingerprint density at radius 2 is 1.78 bits per heavy atom. The van der Waals surface area contributed by atoms with Gasteiger partial charge in [-0.1, -0.05) is 29.8 Å². The second kappa shape index (κ2) is 9.52. The molecule has 6 nitrogen and oxygen atoms in total. The van der Waals surface area contributed by atoms with E-state index < -0.39 is 5.97 Å². The second-order valence-corrected chi connectivity index (χ2v) is 6.22. The van der Waals surface area contributed by atoms with Gasteiger partial charge in [-0.25, -0.2) is 4.79 Å². The fraction of sp³-hybridized carbons (Fsp3) is 0.286. The molecule has 0 fully saturated rings. The number of hydrogen-bond acceptors (Lipinski definition) is 4. The summed E-state index contributed by atoms with van der Waals surface area (Å²) in [6, 6.07) is 14.4. The molecule has 2 aromatic carbocycles. The van der Waals surface area contributed by atoms with Gasteiger partial charge in [0.05, 0.1) is 19.1 Å². The van der Waals surface area contributed by atoms with Crippen molar-refractivity contribution < 1.29 is 19.1 Å². The van der Waals surface area contributed by atoms with Gasteiger partial charge in [-0.15, -0.1) is 0 Å². The number of ether oxygens (including phenoxy) is 1. The maximum atomic E-state index is 12.1. The van der Waals surface area contributed by atoms with Gasteiger partial charge in [0.1, 0.15) is 0 Å². The first kappa shape index (κ1) is 20.2. The lowest BCUT2D eigenvalue weighted by Crippen LogP contribution is -2.38. The van der Waals surface area contributed by atoms with Crippen LogP contribution in [0.2, 0.25) is 0 Å². The van der Waals surface area contributed by atoms with Gasteiger partial charge in [0, 0.05) is 25.7 Å². The van der Waals surface area contributed by atoms with Gasteiger partial charge in [-0.05, 0) is 36.8 Å². The van der Waals surface area contributed by atoms with E-state index in [1.807, 2.05) is 31.2 Å². The molecule has 0 saturated heterocycles. The van der Waals surface area contributed by atoms with Crippen LogP contribution in [0.15, 0.2) is 48.5 Å². The third-order valence-electron chi connectivity index (χ3n) is 4.08. The largest absolute Gasteiger partial charge is 0.465 e. The normalized spacial score (nSPS) is 10.2. The smallest absolute Gasteiger partial charge is 0.337 e. The highest BCUT2D eigenvalue weighted by Gasteiger charge is 2.13. The molecule has 0 spiro atoms. The Morgan fingerprint density at radius 3 is 2.37 bits per heavy atom. The molecule has 142 valence electrons. The zero-order valence-electron chi connectivity index (χ0n) is 15.8. The van der Waals surface area contributed by atoms with E-state index in [0.29, 0.717) is 30.8 Å². The van der Waals surface area contributed by atoms with Gasteiger partial charge in [-0.2, -0.15) is 0 Å². The Balaban J connectivity index is 1.91. The maximum Gasteiger partial charge on any atom is 0.337 e. The quantitative estimate of drug-likeness (QED) is 0.762. The Hall–Kier alpha value is -3.15. The zero-order valence-corrected chi connectivity index (χ0v) is 15.8. The number of nitrogens with zero attached hydrogens (tertiary/aromatic N) is 1. The van der Waals surface area contributed by atoms with E-state index in [1.165, 1.54) is 14.0 Å². The number of nitrogens with one attached hydrogen (secondary N) is 1. The molecular formula is C21H24N2O4. The predicted octanol–water partition coefficient (Wildman–Crippen LogP) is 2.49. The standard InChI is InChI=1S/C21H24N2O4/c1-15-5-4-6-17(13-15)14-20(25)22-11-12-23(16(2)24)19-9-7-18(8-10-19)21(26)27-3/h4-10,13H,11-12,14H2,1-3H3,(H,22,25). The molecule has 27 heavy (non-hydrogen) atoms. The SMILES string of the molecule is COC(=O)c1ccc(N(CCNC(=O)Cc2cccc(C)c2)C(C)=O)cc1. The number of rotatable bonds is 7. The Bertz CT molecular complexity index is 815. The molecule has 0 aromatic heterocycles. The number of methoxy groups -OCH3 is 1. The molecule has 2 aromatic rings. The summed E-state index contributed by atoms with van der Waals surface area (Å²) in [4.78, 5) is 37.1. The average molecular weight is 368 g/mol. The van der Waals surface area contributed by atoms with Crippen LogP contribution in [0.3, 0.4) is 0 Å². The van der Waals surface area contributed by atoms with E-state index >= 15 is 0 Å². The molecule has 2 rings (SSSR count). The van der Waals surface area contributed by atoms with Gasteiger partial charge in [-0.3, -0.25) is 9.59 Å². The summed E-state index contributed by atoms with van der Waals surface area (Å²) in [5, 5.41) is 2.84. The lowest BCUT2D eigenvalue weighted by molar-refractivity contribution is -0.121. The van der Waals surface area contributed by atoms with Crippen molar-refractivity contribution in [3.63, 3.8) is 0 Å². The number of aryl methyl sites for hydroxylation is 1. The number of hydrogen-bond donors (Lipinski definition) is 1. The third kappa shape index (κ3) is 5.95. The molecule has 1 N–H and O–H groups in total. The second-order valence-electron chi connectivity index (χ2n) is 6.22. The molecule has 0 aliphatic rings. The van der Waals surface area contributed by atoms with E-state index in [4.69, 9.17) is 0 Å².